The molecule has 1 aliphatic rings. The van der Waals surface area contributed by atoms with Gasteiger partial charge in [-0.15, -0.1) is 0 Å². The Kier molecular flexibility index (Phi) is 8.44. The summed E-state index contributed by atoms with van der Waals surface area (Å²) in [5, 5.41) is 0. The van der Waals surface area contributed by atoms with Crippen LogP contribution in [0.5, 0.6) is 5.75 Å². The van der Waals surface area contributed by atoms with E-state index in [9.17, 15) is 0 Å². The summed E-state index contributed by atoms with van der Waals surface area (Å²) in [5.41, 5.74) is 4.03. The van der Waals surface area contributed by atoms with E-state index in [0.717, 1.165) is 30.3 Å². The predicted octanol–water partition coefficient (Wildman–Crippen LogP) is 7.31. The van der Waals surface area contributed by atoms with Crippen molar-refractivity contribution >= 4 is 0 Å². The van der Waals surface area contributed by atoms with Gasteiger partial charge in [0.05, 0.1) is 6.61 Å². The normalized spacial score (nSPS) is 19.0. The molecule has 0 amide bonds. The number of benzene rings is 2. The summed E-state index contributed by atoms with van der Waals surface area (Å²) in [7, 11) is 0. The first-order chi connectivity index (χ1) is 14.3. The molecule has 0 heterocycles. The van der Waals surface area contributed by atoms with Crippen LogP contribution in [0.25, 0.3) is 0 Å². The van der Waals surface area contributed by atoms with Gasteiger partial charge in [-0.05, 0) is 91.8 Å². The van der Waals surface area contributed by atoms with Gasteiger partial charge >= 0.3 is 0 Å². The minimum Gasteiger partial charge on any atom is -0.494 e. The van der Waals surface area contributed by atoms with E-state index in [1.165, 1.54) is 49.7 Å². The zero-order chi connectivity index (χ0) is 20.3. The minimum absolute atomic E-state index is 0.671. The standard InChI is InChI=1S/C28H34O/c1-3-7-23-10-16-26(17-11-23)27-18-12-24(13-19-27)8-5-6-9-25-14-20-28(21-15-25)29-22-4-2/h5,8,10-11,14-17,20-21,24,27H,3-4,7,12-13,18-19,22H2,1-2H3. The predicted molar refractivity (Wildman–Crippen MR) is 123 cm³/mol. The first-order valence-corrected chi connectivity index (χ1v) is 11.3. The fourth-order valence-corrected chi connectivity index (χ4v) is 4.05. The van der Waals surface area contributed by atoms with Crippen LogP contribution in [0, 0.1) is 17.8 Å². The lowest BCUT2D eigenvalue weighted by atomic mass is 9.78. The van der Waals surface area contributed by atoms with Crippen molar-refractivity contribution in [3.05, 3.63) is 77.4 Å². The Morgan fingerprint density at radius 2 is 1.62 bits per heavy atom. The maximum absolute atomic E-state index is 5.61. The van der Waals surface area contributed by atoms with Gasteiger partial charge in [-0.25, -0.2) is 0 Å². The third kappa shape index (κ3) is 6.82. The third-order valence-corrected chi connectivity index (χ3v) is 5.76. The molecule has 0 saturated heterocycles. The van der Waals surface area contributed by atoms with Gasteiger partial charge in [0.2, 0.25) is 0 Å². The van der Waals surface area contributed by atoms with Gasteiger partial charge in [-0.3, -0.25) is 0 Å². The summed E-state index contributed by atoms with van der Waals surface area (Å²) in [5.74, 6) is 8.75. The van der Waals surface area contributed by atoms with Crippen molar-refractivity contribution in [3.63, 3.8) is 0 Å². The summed E-state index contributed by atoms with van der Waals surface area (Å²) in [6, 6.07) is 17.4. The minimum atomic E-state index is 0.671. The molecule has 152 valence electrons. The Hall–Kier alpha value is -2.46. The number of hydrogen-bond donors (Lipinski definition) is 0. The van der Waals surface area contributed by atoms with Gasteiger partial charge in [-0.1, -0.05) is 62.5 Å². The van der Waals surface area contributed by atoms with Gasteiger partial charge in [0.1, 0.15) is 5.75 Å². The van der Waals surface area contributed by atoms with Crippen LogP contribution in [0.15, 0.2) is 60.7 Å². The van der Waals surface area contributed by atoms with Crippen molar-refractivity contribution in [1.82, 2.24) is 0 Å². The average molecular weight is 387 g/mol. The van der Waals surface area contributed by atoms with E-state index in [1.807, 2.05) is 30.3 Å². The molecule has 29 heavy (non-hydrogen) atoms. The van der Waals surface area contributed by atoms with Gasteiger partial charge in [0, 0.05) is 5.56 Å². The first-order valence-electron chi connectivity index (χ1n) is 11.3. The molecule has 1 nitrogen and oxygen atoms in total. The fourth-order valence-electron chi connectivity index (χ4n) is 4.05. The van der Waals surface area contributed by atoms with Crippen LogP contribution in [0.4, 0.5) is 0 Å². The molecular formula is C28H34O. The van der Waals surface area contributed by atoms with Crippen LogP contribution in [-0.2, 0) is 6.42 Å². The zero-order valence-electron chi connectivity index (χ0n) is 18.0. The molecular weight excluding hydrogens is 352 g/mol. The molecule has 1 aliphatic carbocycles. The van der Waals surface area contributed by atoms with E-state index >= 15 is 0 Å². The highest BCUT2D eigenvalue weighted by Gasteiger charge is 2.20. The Morgan fingerprint density at radius 1 is 0.897 bits per heavy atom. The first kappa shape index (κ1) is 21.3. The number of rotatable bonds is 7. The highest BCUT2D eigenvalue weighted by molar-refractivity contribution is 5.40. The van der Waals surface area contributed by atoms with Crippen LogP contribution < -0.4 is 4.74 Å². The van der Waals surface area contributed by atoms with Crippen LogP contribution in [0.1, 0.15) is 75.0 Å². The van der Waals surface area contributed by atoms with Crippen LogP contribution in [0.3, 0.4) is 0 Å². The molecule has 2 aromatic carbocycles. The second kappa shape index (κ2) is 11.5. The Bertz CT molecular complexity index is 809. The highest BCUT2D eigenvalue weighted by Crippen LogP contribution is 2.36. The molecule has 0 bridgehead atoms. The second-order valence-corrected chi connectivity index (χ2v) is 8.10. The molecule has 1 fully saturated rings. The van der Waals surface area contributed by atoms with Gasteiger partial charge in [0.15, 0.2) is 0 Å². The number of hydrogen-bond acceptors (Lipinski definition) is 1. The van der Waals surface area contributed by atoms with Gasteiger partial charge < -0.3 is 4.74 Å². The quantitative estimate of drug-likeness (QED) is 0.453. The third-order valence-electron chi connectivity index (χ3n) is 5.76. The lowest BCUT2D eigenvalue weighted by Gasteiger charge is -2.27. The van der Waals surface area contributed by atoms with E-state index in [1.54, 1.807) is 0 Å². The lowest BCUT2D eigenvalue weighted by molar-refractivity contribution is 0.317. The molecule has 0 unspecified atom stereocenters. The summed E-state index contributed by atoms with van der Waals surface area (Å²) in [6.07, 6.45) is 12.9. The molecule has 3 rings (SSSR count). The average Bonchev–Trinajstić information content (AvgIpc) is 2.77. The number of allylic oxidation sites excluding steroid dienone is 2. The van der Waals surface area contributed by atoms with E-state index in [-0.39, 0.29) is 0 Å². The van der Waals surface area contributed by atoms with Crippen LogP contribution >= 0.6 is 0 Å². The molecule has 0 aromatic heterocycles. The smallest absolute Gasteiger partial charge is 0.119 e. The maximum atomic E-state index is 5.61. The van der Waals surface area contributed by atoms with Gasteiger partial charge in [-0.2, -0.15) is 0 Å². The second-order valence-electron chi connectivity index (χ2n) is 8.10. The number of ether oxygens (including phenoxy) is 1. The van der Waals surface area contributed by atoms with E-state index < -0.39 is 0 Å². The van der Waals surface area contributed by atoms with Crippen molar-refractivity contribution in [2.45, 2.75) is 64.7 Å². The SMILES string of the molecule is CCCOc1ccc(C#CC=CC2CCC(c3ccc(CCC)cc3)CC2)cc1. The molecule has 0 spiro atoms. The lowest BCUT2D eigenvalue weighted by Crippen LogP contribution is -2.11. The van der Waals surface area contributed by atoms with E-state index in [4.69, 9.17) is 4.74 Å². The maximum Gasteiger partial charge on any atom is 0.119 e. The largest absolute Gasteiger partial charge is 0.494 e. The van der Waals surface area contributed by atoms with Gasteiger partial charge in [0.25, 0.3) is 0 Å². The van der Waals surface area contributed by atoms with Crippen LogP contribution in [0.2, 0.25) is 0 Å². The van der Waals surface area contributed by atoms with Crippen molar-refractivity contribution < 1.29 is 4.74 Å². The van der Waals surface area contributed by atoms with Crippen molar-refractivity contribution in [1.29, 1.82) is 0 Å². The molecule has 0 radical (unpaired) electrons. The molecule has 1 saturated carbocycles. The summed E-state index contributed by atoms with van der Waals surface area (Å²) in [6.45, 7) is 5.12. The molecule has 0 aliphatic heterocycles. The van der Waals surface area contributed by atoms with Crippen LogP contribution in [-0.4, -0.2) is 6.61 Å². The monoisotopic (exact) mass is 386 g/mol. The topological polar surface area (TPSA) is 9.23 Å². The van der Waals surface area contributed by atoms with Crippen molar-refractivity contribution in [2.75, 3.05) is 6.61 Å². The Morgan fingerprint density at radius 3 is 2.28 bits per heavy atom. The molecule has 0 N–H and O–H groups in total. The molecule has 2 aromatic rings. The fraction of sp³-hybridized carbons (Fsp3) is 0.429. The van der Waals surface area contributed by atoms with E-state index in [0.29, 0.717) is 5.92 Å². The zero-order valence-corrected chi connectivity index (χ0v) is 18.0. The van der Waals surface area contributed by atoms with E-state index in [2.05, 4.69) is 56.0 Å². The molecule has 0 atom stereocenters. The summed E-state index contributed by atoms with van der Waals surface area (Å²) in [4.78, 5) is 0. The van der Waals surface area contributed by atoms with Crippen molar-refractivity contribution in [2.24, 2.45) is 5.92 Å². The summed E-state index contributed by atoms with van der Waals surface area (Å²) >= 11 is 0. The Labute approximate surface area is 177 Å². The summed E-state index contributed by atoms with van der Waals surface area (Å²) < 4.78 is 5.61. The highest BCUT2D eigenvalue weighted by atomic mass is 16.5. The number of aryl methyl sites for hydroxylation is 1. The van der Waals surface area contributed by atoms with Crippen molar-refractivity contribution in [3.8, 4) is 17.6 Å². The Balaban J connectivity index is 1.44. The molecule has 1 heteroatoms.